The largest absolute Gasteiger partial charge is 0.492 e. The molecular weight excluding hydrogens is 294 g/mol. The predicted octanol–water partition coefficient (Wildman–Crippen LogP) is 3.58. The van der Waals surface area contributed by atoms with E-state index < -0.39 is 0 Å². The molecule has 1 aromatic heterocycles. The van der Waals surface area contributed by atoms with Crippen LogP contribution in [0.4, 0.5) is 0 Å². The summed E-state index contributed by atoms with van der Waals surface area (Å²) in [5.74, 6) is -0.326. The van der Waals surface area contributed by atoms with Crippen LogP contribution < -0.4 is 9.47 Å². The molecule has 3 rings (SSSR count). The van der Waals surface area contributed by atoms with Gasteiger partial charge in [-0.3, -0.25) is 4.98 Å². The number of aromatic hydroxyl groups is 2. The molecule has 0 radical (unpaired) electrons. The van der Waals surface area contributed by atoms with Gasteiger partial charge in [-0.05, 0) is 11.1 Å². The average Bonchev–Trinajstić information content (AvgIpc) is 2.86. The van der Waals surface area contributed by atoms with Gasteiger partial charge in [-0.25, -0.2) is 0 Å². The first-order valence-electron chi connectivity index (χ1n) is 7.21. The summed E-state index contributed by atoms with van der Waals surface area (Å²) < 4.78 is 11.2. The molecule has 5 heteroatoms. The molecule has 0 aliphatic carbocycles. The monoisotopic (exact) mass is 311 g/mol. The summed E-state index contributed by atoms with van der Waals surface area (Å²) in [5, 5.41) is 19.7. The number of benzene rings is 2. The minimum Gasteiger partial charge on any atom is -0.492 e. The van der Waals surface area contributed by atoms with E-state index in [2.05, 4.69) is 4.98 Å². The number of aromatic nitrogens is 1. The van der Waals surface area contributed by atoms with Gasteiger partial charge in [-0.1, -0.05) is 60.7 Å². The maximum absolute atomic E-state index is 9.87. The molecule has 118 valence electrons. The molecule has 3 aromatic rings. The highest BCUT2D eigenvalue weighted by Crippen LogP contribution is 2.44. The summed E-state index contributed by atoms with van der Waals surface area (Å²) in [6, 6.07) is 19.1. The fourth-order valence-corrected chi connectivity index (χ4v) is 2.17. The van der Waals surface area contributed by atoms with Gasteiger partial charge in [0.1, 0.15) is 13.2 Å². The predicted molar refractivity (Wildman–Crippen MR) is 85.7 cm³/mol. The molecule has 2 aromatic carbocycles. The summed E-state index contributed by atoms with van der Waals surface area (Å²) in [7, 11) is 0. The van der Waals surface area contributed by atoms with Gasteiger partial charge < -0.3 is 19.7 Å². The van der Waals surface area contributed by atoms with E-state index in [1.54, 1.807) is 0 Å². The van der Waals surface area contributed by atoms with Crippen molar-refractivity contribution in [3.8, 4) is 23.3 Å². The van der Waals surface area contributed by atoms with Crippen molar-refractivity contribution in [1.29, 1.82) is 0 Å². The number of hydrogen-bond donors (Lipinski definition) is 3. The maximum atomic E-state index is 9.87. The molecule has 1 heterocycles. The zero-order valence-electron chi connectivity index (χ0n) is 12.4. The van der Waals surface area contributed by atoms with Crippen LogP contribution in [-0.4, -0.2) is 15.2 Å². The molecule has 3 N–H and O–H groups in total. The first kappa shape index (κ1) is 14.8. The van der Waals surface area contributed by atoms with E-state index >= 15 is 0 Å². The third-order valence-electron chi connectivity index (χ3n) is 3.33. The Hall–Kier alpha value is -3.08. The first-order valence-corrected chi connectivity index (χ1v) is 7.21. The lowest BCUT2D eigenvalue weighted by Crippen LogP contribution is -1.99. The average molecular weight is 311 g/mol. The van der Waals surface area contributed by atoms with Crippen molar-refractivity contribution in [3.63, 3.8) is 0 Å². The van der Waals surface area contributed by atoms with Crippen LogP contribution in [0, 0.1) is 0 Å². The SMILES string of the molecule is Oc1[nH]c(O)c(OCc2ccccc2)c1OCc1ccccc1. The molecule has 0 fully saturated rings. The minimum absolute atomic E-state index is 0.0993. The number of hydrogen-bond acceptors (Lipinski definition) is 4. The summed E-state index contributed by atoms with van der Waals surface area (Å²) in [6.45, 7) is 0.515. The Bertz CT molecular complexity index is 689. The van der Waals surface area contributed by atoms with Crippen LogP contribution >= 0.6 is 0 Å². The normalized spacial score (nSPS) is 10.4. The molecule has 5 nitrogen and oxygen atoms in total. The molecule has 0 amide bonds. The maximum Gasteiger partial charge on any atom is 0.239 e. The zero-order valence-corrected chi connectivity index (χ0v) is 12.4. The van der Waals surface area contributed by atoms with Gasteiger partial charge in [0, 0.05) is 0 Å². The van der Waals surface area contributed by atoms with Crippen LogP contribution in [0.25, 0.3) is 0 Å². The van der Waals surface area contributed by atoms with E-state index in [4.69, 9.17) is 9.47 Å². The van der Waals surface area contributed by atoms with E-state index in [1.807, 2.05) is 60.7 Å². The molecule has 0 saturated carbocycles. The van der Waals surface area contributed by atoms with Crippen molar-refractivity contribution in [2.45, 2.75) is 13.2 Å². The third kappa shape index (κ3) is 3.58. The molecule has 0 saturated heterocycles. The van der Waals surface area contributed by atoms with E-state index in [0.717, 1.165) is 11.1 Å². The van der Waals surface area contributed by atoms with Crippen molar-refractivity contribution in [1.82, 2.24) is 4.98 Å². The topological polar surface area (TPSA) is 74.7 Å². The molecule has 0 aliphatic rings. The van der Waals surface area contributed by atoms with Gasteiger partial charge in [0.2, 0.25) is 23.3 Å². The molecular formula is C18H17NO4. The van der Waals surface area contributed by atoms with Crippen molar-refractivity contribution < 1.29 is 19.7 Å². The Labute approximate surface area is 133 Å². The number of nitrogens with one attached hydrogen (secondary N) is 1. The number of H-pyrrole nitrogens is 1. The zero-order chi connectivity index (χ0) is 16.1. The van der Waals surface area contributed by atoms with Gasteiger partial charge in [0.25, 0.3) is 0 Å². The lowest BCUT2D eigenvalue weighted by atomic mass is 10.2. The van der Waals surface area contributed by atoms with E-state index in [0.29, 0.717) is 0 Å². The summed E-state index contributed by atoms with van der Waals surface area (Å²) in [6.07, 6.45) is 0. The van der Waals surface area contributed by atoms with Crippen LogP contribution in [0.15, 0.2) is 60.7 Å². The smallest absolute Gasteiger partial charge is 0.239 e. The van der Waals surface area contributed by atoms with Crippen LogP contribution in [0.3, 0.4) is 0 Å². The molecule has 0 atom stereocenters. The highest BCUT2D eigenvalue weighted by atomic mass is 16.5. The van der Waals surface area contributed by atoms with Crippen LogP contribution in [0.1, 0.15) is 11.1 Å². The second-order valence-electron chi connectivity index (χ2n) is 5.03. The fourth-order valence-electron chi connectivity index (χ4n) is 2.17. The third-order valence-corrected chi connectivity index (χ3v) is 3.33. The van der Waals surface area contributed by atoms with Gasteiger partial charge in [0.05, 0.1) is 0 Å². The van der Waals surface area contributed by atoms with Gasteiger partial charge in [-0.2, -0.15) is 0 Å². The lowest BCUT2D eigenvalue weighted by molar-refractivity contribution is 0.243. The molecule has 0 spiro atoms. The summed E-state index contributed by atoms with van der Waals surface area (Å²) in [4.78, 5) is 2.41. The standard InChI is InChI=1S/C18H17NO4/c20-17-15(22-11-13-7-3-1-4-8-13)16(18(21)19-17)23-12-14-9-5-2-6-10-14/h1-10,19-21H,11-12H2. The number of aromatic amines is 1. The van der Waals surface area contributed by atoms with Crippen molar-refractivity contribution in [3.05, 3.63) is 71.8 Å². The van der Waals surface area contributed by atoms with Gasteiger partial charge >= 0.3 is 0 Å². The lowest BCUT2D eigenvalue weighted by Gasteiger charge is -2.09. The number of rotatable bonds is 6. The molecule has 23 heavy (non-hydrogen) atoms. The second kappa shape index (κ2) is 6.79. The Balaban J connectivity index is 1.72. The van der Waals surface area contributed by atoms with E-state index in [9.17, 15) is 10.2 Å². The van der Waals surface area contributed by atoms with Crippen molar-refractivity contribution in [2.75, 3.05) is 0 Å². The summed E-state index contributed by atoms with van der Waals surface area (Å²) >= 11 is 0. The molecule has 0 aliphatic heterocycles. The van der Waals surface area contributed by atoms with Gasteiger partial charge in [0.15, 0.2) is 0 Å². The first-order chi connectivity index (χ1) is 11.2. The fraction of sp³-hybridized carbons (Fsp3) is 0.111. The Morgan fingerprint density at radius 3 is 1.43 bits per heavy atom. The quantitative estimate of drug-likeness (QED) is 0.650. The second-order valence-corrected chi connectivity index (χ2v) is 5.03. The van der Waals surface area contributed by atoms with Crippen molar-refractivity contribution >= 4 is 0 Å². The van der Waals surface area contributed by atoms with Crippen LogP contribution in [0.2, 0.25) is 0 Å². The Morgan fingerprint density at radius 2 is 1.04 bits per heavy atom. The summed E-state index contributed by atoms with van der Waals surface area (Å²) in [5.41, 5.74) is 1.89. The number of ether oxygens (including phenoxy) is 2. The molecule has 0 unspecified atom stereocenters. The highest BCUT2D eigenvalue weighted by Gasteiger charge is 2.20. The Morgan fingerprint density at radius 1 is 0.652 bits per heavy atom. The highest BCUT2D eigenvalue weighted by molar-refractivity contribution is 5.55. The van der Waals surface area contributed by atoms with E-state index in [-0.39, 0.29) is 36.5 Å². The Kier molecular flexibility index (Phi) is 4.38. The van der Waals surface area contributed by atoms with Crippen LogP contribution in [-0.2, 0) is 13.2 Å². The molecule has 0 bridgehead atoms. The van der Waals surface area contributed by atoms with Crippen molar-refractivity contribution in [2.24, 2.45) is 0 Å². The van der Waals surface area contributed by atoms with Crippen LogP contribution in [0.5, 0.6) is 23.3 Å². The van der Waals surface area contributed by atoms with Gasteiger partial charge in [-0.15, -0.1) is 0 Å². The minimum atomic E-state index is -0.263. The van der Waals surface area contributed by atoms with E-state index in [1.165, 1.54) is 0 Å².